The third-order valence-corrected chi connectivity index (χ3v) is 5.11. The van der Waals surface area contributed by atoms with Crippen LogP contribution in [0.2, 0.25) is 5.02 Å². The van der Waals surface area contributed by atoms with Gasteiger partial charge in [-0.2, -0.15) is 0 Å². The molecule has 0 saturated carbocycles. The first-order valence-corrected chi connectivity index (χ1v) is 8.67. The van der Waals surface area contributed by atoms with Gasteiger partial charge in [-0.15, -0.1) is 11.3 Å². The van der Waals surface area contributed by atoms with Crippen LogP contribution in [0, 0.1) is 0 Å². The lowest BCUT2D eigenvalue weighted by molar-refractivity contribution is -0.0487. The summed E-state index contributed by atoms with van der Waals surface area (Å²) >= 11 is 7.66. The normalized spacial score (nSPS) is 21.4. The minimum Gasteiger partial charge on any atom is -0.369 e. The Hall–Kier alpha value is -1.47. The minimum absolute atomic E-state index is 0.00994. The van der Waals surface area contributed by atoms with E-state index >= 15 is 0 Å². The summed E-state index contributed by atoms with van der Waals surface area (Å²) in [5.41, 5.74) is 6.92. The molecule has 2 N–H and O–H groups in total. The van der Waals surface area contributed by atoms with Gasteiger partial charge in [-0.3, -0.25) is 4.79 Å². The lowest BCUT2D eigenvalue weighted by Gasteiger charge is -2.38. The molecule has 0 bridgehead atoms. The molecule has 2 atom stereocenters. The predicted octanol–water partition coefficient (Wildman–Crippen LogP) is 2.86. The highest BCUT2D eigenvalue weighted by Gasteiger charge is 2.32. The first-order valence-electron chi connectivity index (χ1n) is 7.41. The number of rotatable bonds is 3. The highest BCUT2D eigenvalue weighted by atomic mass is 35.5. The maximum Gasteiger partial charge on any atom is 0.273 e. The number of aromatic nitrogens is 1. The number of hydrogen-bond acceptors (Lipinski definition) is 5. The molecule has 1 fully saturated rings. The molecule has 1 aromatic heterocycles. The molecule has 7 heteroatoms. The van der Waals surface area contributed by atoms with E-state index in [0.29, 0.717) is 30.4 Å². The van der Waals surface area contributed by atoms with Gasteiger partial charge in [0.05, 0.1) is 19.2 Å². The summed E-state index contributed by atoms with van der Waals surface area (Å²) in [4.78, 5) is 18.8. The Bertz CT molecular complexity index is 706. The number of nitrogens with two attached hydrogens (primary N) is 1. The fraction of sp³-hybridized carbons (Fsp3) is 0.375. The number of halogens is 1. The van der Waals surface area contributed by atoms with Gasteiger partial charge in [0.2, 0.25) is 0 Å². The van der Waals surface area contributed by atoms with E-state index in [1.54, 1.807) is 10.3 Å². The fourth-order valence-corrected chi connectivity index (χ4v) is 3.52. The smallest absolute Gasteiger partial charge is 0.273 e. The van der Waals surface area contributed by atoms with E-state index in [1.165, 1.54) is 11.3 Å². The van der Waals surface area contributed by atoms with Crippen LogP contribution in [0.4, 0.5) is 0 Å². The SMILES string of the molecule is CC1COC(c2ccccc2Cl)CN1C(=O)c1csc(CN)n1. The summed E-state index contributed by atoms with van der Waals surface area (Å²) < 4.78 is 5.88. The molecular weight excluding hydrogens is 334 g/mol. The van der Waals surface area contributed by atoms with Crippen molar-refractivity contribution < 1.29 is 9.53 Å². The Balaban J connectivity index is 1.81. The molecule has 1 aliphatic heterocycles. The van der Waals surface area contributed by atoms with E-state index in [4.69, 9.17) is 22.1 Å². The number of hydrogen-bond donors (Lipinski definition) is 1. The molecule has 1 aliphatic rings. The van der Waals surface area contributed by atoms with Crippen LogP contribution >= 0.6 is 22.9 Å². The Morgan fingerprint density at radius 1 is 1.52 bits per heavy atom. The largest absolute Gasteiger partial charge is 0.369 e. The van der Waals surface area contributed by atoms with E-state index in [2.05, 4.69) is 4.98 Å². The molecule has 0 spiro atoms. The van der Waals surface area contributed by atoms with Gasteiger partial charge >= 0.3 is 0 Å². The zero-order valence-corrected chi connectivity index (χ0v) is 14.3. The number of nitrogens with zero attached hydrogens (tertiary/aromatic N) is 2. The molecule has 2 aromatic rings. The van der Waals surface area contributed by atoms with Gasteiger partial charge in [0.1, 0.15) is 16.8 Å². The van der Waals surface area contributed by atoms with Gasteiger partial charge in [-0.05, 0) is 13.0 Å². The topological polar surface area (TPSA) is 68.5 Å². The molecule has 5 nitrogen and oxygen atoms in total. The standard InChI is InChI=1S/C16H18ClN3O2S/c1-10-8-22-14(11-4-2-3-5-12(11)17)7-20(10)16(21)13-9-23-15(6-18)19-13/h2-5,9-10,14H,6-8,18H2,1H3. The van der Waals surface area contributed by atoms with Crippen LogP contribution in [0.25, 0.3) is 0 Å². The maximum absolute atomic E-state index is 12.7. The number of benzene rings is 1. The number of thiazole rings is 1. The van der Waals surface area contributed by atoms with Crippen LogP contribution < -0.4 is 5.73 Å². The van der Waals surface area contributed by atoms with E-state index in [0.717, 1.165) is 10.6 Å². The lowest BCUT2D eigenvalue weighted by atomic mass is 10.1. The highest BCUT2D eigenvalue weighted by Crippen LogP contribution is 2.30. The minimum atomic E-state index is -0.225. The van der Waals surface area contributed by atoms with Crippen LogP contribution in [-0.2, 0) is 11.3 Å². The third kappa shape index (κ3) is 3.40. The maximum atomic E-state index is 12.7. The summed E-state index contributed by atoms with van der Waals surface area (Å²) in [7, 11) is 0. The molecule has 1 amide bonds. The summed E-state index contributed by atoms with van der Waals surface area (Å²) in [6.07, 6.45) is -0.225. The van der Waals surface area contributed by atoms with Crippen molar-refractivity contribution in [2.75, 3.05) is 13.2 Å². The Morgan fingerprint density at radius 3 is 3.00 bits per heavy atom. The van der Waals surface area contributed by atoms with Crippen molar-refractivity contribution in [1.29, 1.82) is 0 Å². The number of carbonyl (C=O) groups is 1. The Labute approximate surface area is 144 Å². The Kier molecular flexibility index (Phi) is 4.96. The number of morpholine rings is 1. The quantitative estimate of drug-likeness (QED) is 0.923. The first-order chi connectivity index (χ1) is 11.1. The van der Waals surface area contributed by atoms with Crippen LogP contribution in [-0.4, -0.2) is 35.0 Å². The highest BCUT2D eigenvalue weighted by molar-refractivity contribution is 7.09. The predicted molar refractivity (Wildman–Crippen MR) is 90.6 cm³/mol. The first kappa shape index (κ1) is 16.4. The molecule has 1 aromatic carbocycles. The number of amides is 1. The number of carbonyl (C=O) groups excluding carboxylic acids is 1. The van der Waals surface area contributed by atoms with Crippen molar-refractivity contribution in [1.82, 2.24) is 9.88 Å². The Morgan fingerprint density at radius 2 is 2.30 bits per heavy atom. The van der Waals surface area contributed by atoms with Crippen LogP contribution in [0.1, 0.15) is 34.1 Å². The van der Waals surface area contributed by atoms with Gasteiger partial charge in [0, 0.05) is 22.5 Å². The zero-order valence-electron chi connectivity index (χ0n) is 12.7. The average Bonchev–Trinajstić information content (AvgIpc) is 3.04. The third-order valence-electron chi connectivity index (χ3n) is 3.89. The molecule has 2 heterocycles. The van der Waals surface area contributed by atoms with Gasteiger partial charge in [0.25, 0.3) is 5.91 Å². The molecule has 1 saturated heterocycles. The molecule has 122 valence electrons. The zero-order chi connectivity index (χ0) is 16.4. The van der Waals surface area contributed by atoms with Gasteiger partial charge in [0.15, 0.2) is 0 Å². The van der Waals surface area contributed by atoms with Crippen molar-refractivity contribution in [2.24, 2.45) is 5.73 Å². The molecule has 0 aliphatic carbocycles. The summed E-state index contributed by atoms with van der Waals surface area (Å²) in [6, 6.07) is 7.55. The molecule has 2 unspecified atom stereocenters. The van der Waals surface area contributed by atoms with Gasteiger partial charge in [-0.1, -0.05) is 29.8 Å². The lowest BCUT2D eigenvalue weighted by Crippen LogP contribution is -2.48. The van der Waals surface area contributed by atoms with Crippen molar-refractivity contribution in [3.63, 3.8) is 0 Å². The van der Waals surface area contributed by atoms with Crippen molar-refractivity contribution in [2.45, 2.75) is 25.6 Å². The van der Waals surface area contributed by atoms with Crippen molar-refractivity contribution in [3.05, 3.63) is 50.9 Å². The van der Waals surface area contributed by atoms with Crippen LogP contribution in [0.5, 0.6) is 0 Å². The van der Waals surface area contributed by atoms with E-state index < -0.39 is 0 Å². The van der Waals surface area contributed by atoms with Gasteiger partial charge in [-0.25, -0.2) is 4.98 Å². The van der Waals surface area contributed by atoms with Crippen molar-refractivity contribution >= 4 is 28.8 Å². The second kappa shape index (κ2) is 6.97. The summed E-state index contributed by atoms with van der Waals surface area (Å²) in [5, 5.41) is 3.17. The molecule has 23 heavy (non-hydrogen) atoms. The van der Waals surface area contributed by atoms with Crippen molar-refractivity contribution in [3.8, 4) is 0 Å². The van der Waals surface area contributed by atoms with E-state index in [1.807, 2.05) is 31.2 Å². The fourth-order valence-electron chi connectivity index (χ4n) is 2.61. The van der Waals surface area contributed by atoms with E-state index in [-0.39, 0.29) is 18.1 Å². The second-order valence-corrected chi connectivity index (χ2v) is 6.83. The van der Waals surface area contributed by atoms with Gasteiger partial charge < -0.3 is 15.4 Å². The van der Waals surface area contributed by atoms with Crippen LogP contribution in [0.3, 0.4) is 0 Å². The average molecular weight is 352 g/mol. The van der Waals surface area contributed by atoms with E-state index in [9.17, 15) is 4.79 Å². The molecule has 3 rings (SSSR count). The summed E-state index contributed by atoms with van der Waals surface area (Å²) in [6.45, 7) is 3.24. The number of ether oxygens (including phenoxy) is 1. The summed E-state index contributed by atoms with van der Waals surface area (Å²) in [5.74, 6) is -0.0891. The molecule has 0 radical (unpaired) electrons. The monoisotopic (exact) mass is 351 g/mol. The second-order valence-electron chi connectivity index (χ2n) is 5.48. The van der Waals surface area contributed by atoms with Crippen LogP contribution in [0.15, 0.2) is 29.6 Å². The molecular formula is C16H18ClN3O2S.